The highest BCUT2D eigenvalue weighted by atomic mass is 32.1. The number of hydrogen-bond donors (Lipinski definition) is 0. The van der Waals surface area contributed by atoms with Crippen LogP contribution in [-0.2, 0) is 13.2 Å². The van der Waals surface area contributed by atoms with E-state index in [2.05, 4.69) is 9.97 Å². The second kappa shape index (κ2) is 7.47. The number of aromatic nitrogens is 2. The van der Waals surface area contributed by atoms with Crippen LogP contribution in [0.15, 0.2) is 45.4 Å². The predicted molar refractivity (Wildman–Crippen MR) is 104 cm³/mol. The summed E-state index contributed by atoms with van der Waals surface area (Å²) in [6, 6.07) is 9.46. The van der Waals surface area contributed by atoms with Crippen molar-refractivity contribution in [1.82, 2.24) is 14.9 Å². The van der Waals surface area contributed by atoms with Crippen LogP contribution in [0.3, 0.4) is 0 Å². The van der Waals surface area contributed by atoms with Crippen LogP contribution in [0.2, 0.25) is 0 Å². The van der Waals surface area contributed by atoms with Crippen molar-refractivity contribution in [1.29, 1.82) is 0 Å². The number of hydrogen-bond acceptors (Lipinski definition) is 7. The number of oxazole rings is 1. The molecule has 3 heterocycles. The third kappa shape index (κ3) is 3.91. The van der Waals surface area contributed by atoms with E-state index in [1.807, 2.05) is 44.2 Å². The summed E-state index contributed by atoms with van der Waals surface area (Å²) in [5.74, 6) is 2.29. The molecule has 0 aliphatic rings. The largest absolute Gasteiger partial charge is 0.484 e. The van der Waals surface area contributed by atoms with Gasteiger partial charge < -0.3 is 18.5 Å². The van der Waals surface area contributed by atoms with Gasteiger partial charge in [0.2, 0.25) is 5.89 Å². The Morgan fingerprint density at radius 1 is 1.21 bits per heavy atom. The average molecular weight is 397 g/mol. The van der Waals surface area contributed by atoms with Gasteiger partial charge in [-0.15, -0.1) is 11.3 Å². The second-order valence-corrected chi connectivity index (χ2v) is 7.69. The summed E-state index contributed by atoms with van der Waals surface area (Å²) < 4.78 is 17.7. The Bertz CT molecular complexity index is 1130. The maximum Gasteiger partial charge on any atom is 0.275 e. The topological polar surface area (TPSA) is 81.6 Å². The zero-order valence-electron chi connectivity index (χ0n) is 15.8. The van der Waals surface area contributed by atoms with Crippen molar-refractivity contribution >= 4 is 27.5 Å². The second-order valence-electron chi connectivity index (χ2n) is 6.45. The van der Waals surface area contributed by atoms with E-state index in [9.17, 15) is 4.79 Å². The van der Waals surface area contributed by atoms with Gasteiger partial charge in [-0.3, -0.25) is 4.79 Å². The number of fused-ring (bicyclic) bond motifs is 1. The Morgan fingerprint density at radius 3 is 2.86 bits per heavy atom. The fourth-order valence-electron chi connectivity index (χ4n) is 2.80. The SMILES string of the molecule is Cc1ccc(CN(C)C(=O)c2coc(COc3ccc4sc(C)nc4c3)n2)o1. The molecule has 0 saturated heterocycles. The van der Waals surface area contributed by atoms with Crippen molar-refractivity contribution in [2.24, 2.45) is 0 Å². The highest BCUT2D eigenvalue weighted by molar-refractivity contribution is 7.18. The minimum Gasteiger partial charge on any atom is -0.484 e. The van der Waals surface area contributed by atoms with E-state index in [-0.39, 0.29) is 18.2 Å². The smallest absolute Gasteiger partial charge is 0.275 e. The number of thiazole rings is 1. The molecule has 0 fully saturated rings. The number of aryl methyl sites for hydroxylation is 2. The first-order valence-corrected chi connectivity index (χ1v) is 9.55. The summed E-state index contributed by atoms with van der Waals surface area (Å²) in [5, 5.41) is 1.01. The summed E-state index contributed by atoms with van der Waals surface area (Å²) in [6.07, 6.45) is 1.35. The molecular formula is C20H19N3O4S. The standard InChI is InChI=1S/C20H19N3O4S/c1-12-4-5-15(27-12)9-23(3)20(24)17-10-26-19(22-17)11-25-14-6-7-18-16(8-14)21-13(2)28-18/h4-8,10H,9,11H2,1-3H3. The zero-order chi connectivity index (χ0) is 19.7. The van der Waals surface area contributed by atoms with Crippen LogP contribution < -0.4 is 4.74 Å². The number of nitrogens with zero attached hydrogens (tertiary/aromatic N) is 3. The molecule has 0 bridgehead atoms. The molecule has 8 heteroatoms. The van der Waals surface area contributed by atoms with Crippen molar-refractivity contribution in [3.8, 4) is 5.75 Å². The van der Waals surface area contributed by atoms with Crippen molar-refractivity contribution in [2.45, 2.75) is 27.0 Å². The van der Waals surface area contributed by atoms with Gasteiger partial charge >= 0.3 is 0 Å². The number of furan rings is 1. The third-order valence-corrected chi connectivity index (χ3v) is 5.09. The Balaban J connectivity index is 1.38. The number of rotatable bonds is 6. The lowest BCUT2D eigenvalue weighted by atomic mass is 10.3. The molecule has 0 spiro atoms. The molecule has 4 rings (SSSR count). The third-order valence-electron chi connectivity index (χ3n) is 4.13. The molecule has 3 aromatic heterocycles. The Hall–Kier alpha value is -3.13. The zero-order valence-corrected chi connectivity index (χ0v) is 16.6. The van der Waals surface area contributed by atoms with E-state index in [0.717, 1.165) is 21.0 Å². The van der Waals surface area contributed by atoms with Crippen LogP contribution in [0, 0.1) is 13.8 Å². The lowest BCUT2D eigenvalue weighted by molar-refractivity contribution is 0.0769. The summed E-state index contributed by atoms with van der Waals surface area (Å²) in [5.41, 5.74) is 1.13. The summed E-state index contributed by atoms with van der Waals surface area (Å²) >= 11 is 1.64. The van der Waals surface area contributed by atoms with Gasteiger partial charge in [0.1, 0.15) is 23.5 Å². The number of amides is 1. The highest BCUT2D eigenvalue weighted by Gasteiger charge is 2.18. The maximum atomic E-state index is 12.5. The highest BCUT2D eigenvalue weighted by Crippen LogP contribution is 2.26. The van der Waals surface area contributed by atoms with Gasteiger partial charge in [-0.2, -0.15) is 0 Å². The van der Waals surface area contributed by atoms with Crippen molar-refractivity contribution in [3.05, 3.63) is 64.7 Å². The van der Waals surface area contributed by atoms with Crippen LogP contribution in [0.5, 0.6) is 5.75 Å². The Morgan fingerprint density at radius 2 is 2.07 bits per heavy atom. The molecule has 144 valence electrons. The Labute approximate surface area is 165 Å². The van der Waals surface area contributed by atoms with Gasteiger partial charge in [0, 0.05) is 13.1 Å². The van der Waals surface area contributed by atoms with Gasteiger partial charge in [0.25, 0.3) is 5.91 Å². The molecule has 1 amide bonds. The molecule has 4 aromatic rings. The van der Waals surface area contributed by atoms with Crippen LogP contribution in [0.1, 0.15) is 32.9 Å². The minimum atomic E-state index is -0.247. The van der Waals surface area contributed by atoms with Crippen LogP contribution in [0.4, 0.5) is 0 Å². The average Bonchev–Trinajstić information content (AvgIpc) is 3.38. The van der Waals surface area contributed by atoms with E-state index in [4.69, 9.17) is 13.6 Å². The van der Waals surface area contributed by atoms with Gasteiger partial charge in [0.05, 0.1) is 21.8 Å². The van der Waals surface area contributed by atoms with Crippen LogP contribution in [0.25, 0.3) is 10.2 Å². The number of benzene rings is 1. The first-order valence-electron chi connectivity index (χ1n) is 8.73. The quantitative estimate of drug-likeness (QED) is 0.481. The van der Waals surface area contributed by atoms with Crippen molar-refractivity contribution < 1.29 is 18.4 Å². The van der Waals surface area contributed by atoms with Crippen molar-refractivity contribution in [2.75, 3.05) is 7.05 Å². The van der Waals surface area contributed by atoms with E-state index in [0.29, 0.717) is 23.9 Å². The van der Waals surface area contributed by atoms with Crippen LogP contribution >= 0.6 is 11.3 Å². The molecule has 0 radical (unpaired) electrons. The number of carbonyl (C=O) groups is 1. The number of ether oxygens (including phenoxy) is 1. The fraction of sp³-hybridized carbons (Fsp3) is 0.250. The minimum absolute atomic E-state index is 0.128. The summed E-state index contributed by atoms with van der Waals surface area (Å²) in [4.78, 5) is 22.7. The van der Waals surface area contributed by atoms with Gasteiger partial charge in [-0.1, -0.05) is 0 Å². The van der Waals surface area contributed by atoms with E-state index < -0.39 is 0 Å². The molecule has 0 N–H and O–H groups in total. The molecule has 0 unspecified atom stereocenters. The maximum absolute atomic E-state index is 12.5. The summed E-state index contributed by atoms with van der Waals surface area (Å²) in [7, 11) is 1.69. The molecule has 0 aliphatic heterocycles. The molecule has 28 heavy (non-hydrogen) atoms. The predicted octanol–water partition coefficient (Wildman–Crippen LogP) is 4.35. The van der Waals surface area contributed by atoms with Gasteiger partial charge in [0.15, 0.2) is 12.3 Å². The number of carbonyl (C=O) groups excluding carboxylic acids is 1. The molecule has 1 aromatic carbocycles. The Kier molecular flexibility index (Phi) is 4.87. The van der Waals surface area contributed by atoms with Gasteiger partial charge in [-0.05, 0) is 38.1 Å². The first kappa shape index (κ1) is 18.2. The van der Waals surface area contributed by atoms with E-state index >= 15 is 0 Å². The molecule has 0 saturated carbocycles. The normalized spacial score (nSPS) is 11.1. The van der Waals surface area contributed by atoms with Gasteiger partial charge in [-0.25, -0.2) is 9.97 Å². The first-order chi connectivity index (χ1) is 13.5. The van der Waals surface area contributed by atoms with E-state index in [1.54, 1.807) is 18.4 Å². The van der Waals surface area contributed by atoms with E-state index in [1.165, 1.54) is 11.2 Å². The lowest BCUT2D eigenvalue weighted by Crippen LogP contribution is -2.26. The van der Waals surface area contributed by atoms with Crippen LogP contribution in [-0.4, -0.2) is 27.8 Å². The van der Waals surface area contributed by atoms with Crippen molar-refractivity contribution in [3.63, 3.8) is 0 Å². The monoisotopic (exact) mass is 397 g/mol. The molecule has 0 atom stereocenters. The summed E-state index contributed by atoms with van der Waals surface area (Å²) in [6.45, 7) is 4.32. The molecule has 0 aliphatic carbocycles. The molecule has 7 nitrogen and oxygen atoms in total. The molecular weight excluding hydrogens is 378 g/mol. The fourth-order valence-corrected chi connectivity index (χ4v) is 3.61. The lowest BCUT2D eigenvalue weighted by Gasteiger charge is -2.13.